The zero-order chi connectivity index (χ0) is 14.7. The minimum atomic E-state index is 0.258. The summed E-state index contributed by atoms with van der Waals surface area (Å²) in [4.78, 5) is 1.21. The van der Waals surface area contributed by atoms with Gasteiger partial charge in [0.25, 0.3) is 0 Å². The van der Waals surface area contributed by atoms with Crippen molar-refractivity contribution < 1.29 is 0 Å². The van der Waals surface area contributed by atoms with E-state index in [-0.39, 0.29) is 6.04 Å². The molecule has 108 valence electrons. The van der Waals surface area contributed by atoms with E-state index in [9.17, 15) is 0 Å². The molecule has 0 saturated heterocycles. The van der Waals surface area contributed by atoms with Crippen LogP contribution in [0.2, 0.25) is 5.02 Å². The Labute approximate surface area is 133 Å². The van der Waals surface area contributed by atoms with Crippen LogP contribution in [0.3, 0.4) is 0 Å². The molecule has 5 heteroatoms. The van der Waals surface area contributed by atoms with Gasteiger partial charge in [-0.05, 0) is 36.1 Å². The SMILES string of the molecule is CC(NCc1cn[nH]c1-c1cccs1)c1ccc(Cl)cc1. The molecule has 2 aromatic heterocycles. The number of thiophene rings is 1. The van der Waals surface area contributed by atoms with Gasteiger partial charge in [0, 0.05) is 23.2 Å². The van der Waals surface area contributed by atoms with Gasteiger partial charge in [-0.3, -0.25) is 5.10 Å². The zero-order valence-corrected chi connectivity index (χ0v) is 13.2. The van der Waals surface area contributed by atoms with Gasteiger partial charge in [-0.15, -0.1) is 11.3 Å². The standard InChI is InChI=1S/C16H16ClN3S/c1-11(12-4-6-14(17)7-5-12)18-9-13-10-19-20-16(13)15-3-2-8-21-15/h2-8,10-11,18H,9H2,1H3,(H,19,20). The van der Waals surface area contributed by atoms with Crippen molar-refractivity contribution in [2.75, 3.05) is 0 Å². The van der Waals surface area contributed by atoms with Gasteiger partial charge in [-0.2, -0.15) is 5.10 Å². The molecule has 2 N–H and O–H groups in total. The van der Waals surface area contributed by atoms with Crippen molar-refractivity contribution in [3.05, 3.63) is 64.1 Å². The highest BCUT2D eigenvalue weighted by Crippen LogP contribution is 2.26. The number of hydrogen-bond acceptors (Lipinski definition) is 3. The highest BCUT2D eigenvalue weighted by Gasteiger charge is 2.10. The lowest BCUT2D eigenvalue weighted by Gasteiger charge is -2.14. The maximum absolute atomic E-state index is 5.92. The molecule has 3 rings (SSSR count). The molecule has 21 heavy (non-hydrogen) atoms. The molecular weight excluding hydrogens is 302 g/mol. The summed E-state index contributed by atoms with van der Waals surface area (Å²) in [6, 6.07) is 12.4. The summed E-state index contributed by atoms with van der Waals surface area (Å²) in [6.45, 7) is 2.92. The third-order valence-electron chi connectivity index (χ3n) is 3.45. The Balaban J connectivity index is 1.68. The number of hydrogen-bond donors (Lipinski definition) is 2. The predicted octanol–water partition coefficient (Wildman–Crippen LogP) is 4.64. The fraction of sp³-hybridized carbons (Fsp3) is 0.188. The molecule has 0 amide bonds. The summed E-state index contributed by atoms with van der Waals surface area (Å²) in [5, 5.41) is 13.6. The minimum Gasteiger partial charge on any atom is -0.306 e. The first-order chi connectivity index (χ1) is 10.2. The number of aromatic amines is 1. The molecule has 0 radical (unpaired) electrons. The van der Waals surface area contributed by atoms with E-state index in [4.69, 9.17) is 11.6 Å². The Morgan fingerprint density at radius 1 is 1.29 bits per heavy atom. The summed E-state index contributed by atoms with van der Waals surface area (Å²) in [6.07, 6.45) is 1.89. The fourth-order valence-electron chi connectivity index (χ4n) is 2.21. The number of nitrogens with one attached hydrogen (secondary N) is 2. The molecule has 0 fully saturated rings. The number of aromatic nitrogens is 2. The van der Waals surface area contributed by atoms with Crippen LogP contribution in [0.1, 0.15) is 24.1 Å². The number of nitrogens with zero attached hydrogens (tertiary/aromatic N) is 1. The van der Waals surface area contributed by atoms with E-state index < -0.39 is 0 Å². The van der Waals surface area contributed by atoms with Gasteiger partial charge in [-0.25, -0.2) is 0 Å². The normalized spacial score (nSPS) is 12.5. The molecule has 2 heterocycles. The van der Waals surface area contributed by atoms with Crippen LogP contribution < -0.4 is 5.32 Å². The van der Waals surface area contributed by atoms with Gasteiger partial charge in [-0.1, -0.05) is 29.8 Å². The zero-order valence-electron chi connectivity index (χ0n) is 11.6. The quantitative estimate of drug-likeness (QED) is 0.719. The molecule has 1 atom stereocenters. The van der Waals surface area contributed by atoms with Gasteiger partial charge >= 0.3 is 0 Å². The molecule has 3 nitrogen and oxygen atoms in total. The van der Waals surface area contributed by atoms with E-state index >= 15 is 0 Å². The molecule has 0 saturated carbocycles. The Morgan fingerprint density at radius 2 is 2.10 bits per heavy atom. The molecule has 0 aliphatic carbocycles. The highest BCUT2D eigenvalue weighted by molar-refractivity contribution is 7.13. The van der Waals surface area contributed by atoms with Crippen molar-refractivity contribution in [2.45, 2.75) is 19.5 Å². The van der Waals surface area contributed by atoms with E-state index in [1.165, 1.54) is 16.0 Å². The molecule has 0 spiro atoms. The van der Waals surface area contributed by atoms with Crippen LogP contribution in [0.5, 0.6) is 0 Å². The molecule has 1 unspecified atom stereocenters. The number of halogens is 1. The van der Waals surface area contributed by atoms with Crippen LogP contribution in [-0.4, -0.2) is 10.2 Å². The third kappa shape index (κ3) is 3.35. The topological polar surface area (TPSA) is 40.7 Å². The van der Waals surface area contributed by atoms with Crippen LogP contribution in [0.15, 0.2) is 48.0 Å². The first kappa shape index (κ1) is 14.3. The largest absolute Gasteiger partial charge is 0.306 e. The molecule has 0 aliphatic rings. The van der Waals surface area contributed by atoms with E-state index in [1.807, 2.05) is 24.4 Å². The number of rotatable bonds is 5. The van der Waals surface area contributed by atoms with Crippen molar-refractivity contribution >= 4 is 22.9 Å². The van der Waals surface area contributed by atoms with Gasteiger partial charge in [0.1, 0.15) is 0 Å². The molecule has 0 bridgehead atoms. The van der Waals surface area contributed by atoms with Crippen molar-refractivity contribution in [1.82, 2.24) is 15.5 Å². The maximum Gasteiger partial charge on any atom is 0.0794 e. The minimum absolute atomic E-state index is 0.258. The fourth-order valence-corrected chi connectivity index (χ4v) is 3.09. The smallest absolute Gasteiger partial charge is 0.0794 e. The second-order valence-corrected chi connectivity index (χ2v) is 6.29. The van der Waals surface area contributed by atoms with Crippen LogP contribution in [0, 0.1) is 0 Å². The summed E-state index contributed by atoms with van der Waals surface area (Å²) < 4.78 is 0. The lowest BCUT2D eigenvalue weighted by molar-refractivity contribution is 0.575. The average Bonchev–Trinajstić information content (AvgIpc) is 3.16. The van der Waals surface area contributed by atoms with Crippen LogP contribution in [0.25, 0.3) is 10.6 Å². The van der Waals surface area contributed by atoms with Crippen molar-refractivity contribution in [1.29, 1.82) is 0 Å². The second-order valence-electron chi connectivity index (χ2n) is 4.90. The molecule has 3 aromatic rings. The van der Waals surface area contributed by atoms with Gasteiger partial charge in [0.2, 0.25) is 0 Å². The van der Waals surface area contributed by atoms with Crippen LogP contribution >= 0.6 is 22.9 Å². The van der Waals surface area contributed by atoms with E-state index in [1.54, 1.807) is 11.3 Å². The Bertz CT molecular complexity index is 689. The van der Waals surface area contributed by atoms with Crippen molar-refractivity contribution in [3.8, 4) is 10.6 Å². The molecular formula is C16H16ClN3S. The van der Waals surface area contributed by atoms with Crippen LogP contribution in [0.4, 0.5) is 0 Å². The monoisotopic (exact) mass is 317 g/mol. The lowest BCUT2D eigenvalue weighted by atomic mass is 10.1. The van der Waals surface area contributed by atoms with E-state index in [0.717, 1.165) is 17.3 Å². The molecule has 1 aromatic carbocycles. The summed E-state index contributed by atoms with van der Waals surface area (Å²) in [7, 11) is 0. The lowest BCUT2D eigenvalue weighted by Crippen LogP contribution is -2.18. The Kier molecular flexibility index (Phi) is 4.39. The van der Waals surface area contributed by atoms with E-state index in [0.29, 0.717) is 0 Å². The Hall–Kier alpha value is -1.62. The van der Waals surface area contributed by atoms with Gasteiger partial charge in [0.05, 0.1) is 16.8 Å². The van der Waals surface area contributed by atoms with Gasteiger partial charge in [0.15, 0.2) is 0 Å². The maximum atomic E-state index is 5.92. The van der Waals surface area contributed by atoms with E-state index in [2.05, 4.69) is 46.0 Å². The van der Waals surface area contributed by atoms with Crippen molar-refractivity contribution in [2.24, 2.45) is 0 Å². The number of benzene rings is 1. The first-order valence-electron chi connectivity index (χ1n) is 6.79. The van der Waals surface area contributed by atoms with Crippen LogP contribution in [-0.2, 0) is 6.54 Å². The third-order valence-corrected chi connectivity index (χ3v) is 4.59. The highest BCUT2D eigenvalue weighted by atomic mass is 35.5. The molecule has 0 aliphatic heterocycles. The predicted molar refractivity (Wildman–Crippen MR) is 88.6 cm³/mol. The Morgan fingerprint density at radius 3 is 2.81 bits per heavy atom. The number of H-pyrrole nitrogens is 1. The van der Waals surface area contributed by atoms with Crippen molar-refractivity contribution in [3.63, 3.8) is 0 Å². The summed E-state index contributed by atoms with van der Waals surface area (Å²) in [5.41, 5.74) is 3.50. The summed E-state index contributed by atoms with van der Waals surface area (Å²) in [5.74, 6) is 0. The first-order valence-corrected chi connectivity index (χ1v) is 8.05. The second kappa shape index (κ2) is 6.43. The average molecular weight is 318 g/mol. The van der Waals surface area contributed by atoms with Gasteiger partial charge < -0.3 is 5.32 Å². The summed E-state index contributed by atoms with van der Waals surface area (Å²) >= 11 is 7.63.